The van der Waals surface area contributed by atoms with Gasteiger partial charge < -0.3 is 29.4 Å². The normalized spacial score (nSPS) is 21.6. The molecule has 0 radical (unpaired) electrons. The number of rotatable bonds is 10. The lowest BCUT2D eigenvalue weighted by molar-refractivity contribution is -0.183. The number of amides is 1. The molecule has 2 aromatic heterocycles. The van der Waals surface area contributed by atoms with E-state index in [-0.39, 0.29) is 29.8 Å². The first-order chi connectivity index (χ1) is 28.0. The number of anilines is 1. The van der Waals surface area contributed by atoms with Crippen LogP contribution in [0.4, 0.5) is 5.82 Å². The second kappa shape index (κ2) is 18.1. The monoisotopic (exact) mass is 825 g/mol. The number of imidazole rings is 1. The molecular weight excluding hydrogens is 774 g/mol. The lowest BCUT2D eigenvalue weighted by Crippen LogP contribution is -2.67. The molecule has 58 heavy (non-hydrogen) atoms. The van der Waals surface area contributed by atoms with E-state index in [1.165, 1.54) is 63.7 Å². The van der Waals surface area contributed by atoms with Crippen LogP contribution in [0.1, 0.15) is 75.9 Å². The summed E-state index contributed by atoms with van der Waals surface area (Å²) in [6.07, 6.45) is 7.08. The fourth-order valence-corrected chi connectivity index (χ4v) is 13.2. The first-order valence-corrected chi connectivity index (χ1v) is 23.0. The molecule has 3 aromatic carbocycles. The van der Waals surface area contributed by atoms with Crippen molar-refractivity contribution in [2.24, 2.45) is 4.99 Å². The molecule has 3 aliphatic rings. The van der Waals surface area contributed by atoms with Gasteiger partial charge in [-0.2, -0.15) is 0 Å². The van der Waals surface area contributed by atoms with Crippen LogP contribution in [0.3, 0.4) is 0 Å². The minimum atomic E-state index is -3.59. The lowest BCUT2D eigenvalue weighted by Gasteiger charge is -2.44. The Kier molecular flexibility index (Phi) is 13.0. The summed E-state index contributed by atoms with van der Waals surface area (Å²) in [6, 6.07) is 28.6. The molecule has 2 fully saturated rings. The Morgan fingerprint density at radius 3 is 2.24 bits per heavy atom. The van der Waals surface area contributed by atoms with Crippen LogP contribution in [0.15, 0.2) is 109 Å². The molecule has 1 unspecified atom stereocenters. The number of aliphatic imine (C=N–C) groups is 1. The summed E-state index contributed by atoms with van der Waals surface area (Å²) >= 11 is 0. The Labute approximate surface area is 340 Å². The van der Waals surface area contributed by atoms with Gasteiger partial charge in [0.1, 0.15) is 18.7 Å². The summed E-state index contributed by atoms with van der Waals surface area (Å²) in [6.45, 7) is 9.83. The van der Waals surface area contributed by atoms with E-state index in [2.05, 4.69) is 50.9 Å². The zero-order chi connectivity index (χ0) is 40.8. The van der Waals surface area contributed by atoms with Gasteiger partial charge in [-0.3, -0.25) is 23.4 Å². The largest absolute Gasteiger partial charge is 0.405 e. The van der Waals surface area contributed by atoms with Crippen molar-refractivity contribution in [1.29, 1.82) is 0 Å². The summed E-state index contributed by atoms with van der Waals surface area (Å²) in [4.78, 5) is 42.7. The standard InChI is InChI=1S/C33H36N5O7PSi.C9H16N2/c1-32(2,3)47(24-15-9-5-10-16-24,25-17-11-6-12-18-25)43-20-26-33(40,45-46(41)42)19-27(44-26)38-22-36-28-29(34-21-35-30(28)38)37-31(39)23-13-7-4-8-14-23;1-2-5-9-10-6-4-8-11(9)7-3-1/h4-18,21-22,26-27,40,46H,19-20H2,1-3H3,(H,41,42)(H,34,35,37,39);1-8H2/t26-,27-,33-;/m1./s1. The molecule has 5 aromatic rings. The van der Waals surface area contributed by atoms with Crippen LogP contribution in [0, 0.1) is 0 Å². The number of aliphatic hydroxyl groups is 1. The maximum absolute atomic E-state index is 12.8. The highest BCUT2D eigenvalue weighted by Crippen LogP contribution is 2.45. The second-order valence-corrected chi connectivity index (χ2v) is 20.8. The number of nitrogens with one attached hydrogen (secondary N) is 1. The number of benzene rings is 3. The van der Waals surface area contributed by atoms with Crippen molar-refractivity contribution >= 4 is 55.7 Å². The van der Waals surface area contributed by atoms with Crippen LogP contribution in [0.25, 0.3) is 11.2 Å². The second-order valence-electron chi connectivity index (χ2n) is 15.8. The van der Waals surface area contributed by atoms with Gasteiger partial charge in [-0.25, -0.2) is 15.0 Å². The number of aromatic nitrogens is 4. The van der Waals surface area contributed by atoms with Gasteiger partial charge in [0.2, 0.25) is 5.79 Å². The van der Waals surface area contributed by atoms with Crippen molar-refractivity contribution in [2.75, 3.05) is 31.6 Å². The average Bonchev–Trinajstić information content (AvgIpc) is 3.70. The molecule has 306 valence electrons. The molecule has 8 rings (SSSR count). The fourth-order valence-electron chi connectivity index (χ4n) is 8.14. The van der Waals surface area contributed by atoms with Gasteiger partial charge in [-0.15, -0.1) is 0 Å². The summed E-state index contributed by atoms with van der Waals surface area (Å²) in [5.74, 6) is -0.948. The molecule has 1 amide bonds. The van der Waals surface area contributed by atoms with Gasteiger partial charge in [0.15, 0.2) is 17.0 Å². The van der Waals surface area contributed by atoms with Crippen molar-refractivity contribution in [2.45, 2.75) is 82.5 Å². The zero-order valence-corrected chi connectivity index (χ0v) is 35.2. The number of amidine groups is 1. The highest BCUT2D eigenvalue weighted by atomic mass is 31.1. The molecule has 3 N–H and O–H groups in total. The quantitative estimate of drug-likeness (QED) is 0.0897. The Balaban J connectivity index is 0.000000399. The zero-order valence-electron chi connectivity index (χ0n) is 33.2. The van der Waals surface area contributed by atoms with E-state index in [1.54, 1.807) is 28.8 Å². The van der Waals surface area contributed by atoms with Crippen molar-refractivity contribution in [3.05, 3.63) is 109 Å². The van der Waals surface area contributed by atoms with E-state index in [9.17, 15) is 19.4 Å². The number of carbonyl (C=O) groups excluding carboxylic acids is 1. The predicted octanol–water partition coefficient (Wildman–Crippen LogP) is 5.69. The molecule has 0 saturated carbocycles. The van der Waals surface area contributed by atoms with E-state index in [4.69, 9.17) is 13.7 Å². The summed E-state index contributed by atoms with van der Waals surface area (Å²) in [7, 11) is -6.66. The van der Waals surface area contributed by atoms with Gasteiger partial charge in [-0.1, -0.05) is 106 Å². The van der Waals surface area contributed by atoms with Gasteiger partial charge in [0.05, 0.1) is 25.2 Å². The van der Waals surface area contributed by atoms with Crippen LogP contribution in [-0.4, -0.2) is 92.6 Å². The maximum atomic E-state index is 12.8. The van der Waals surface area contributed by atoms with E-state index in [0.717, 1.165) is 16.9 Å². The van der Waals surface area contributed by atoms with E-state index in [1.807, 2.05) is 66.7 Å². The first kappa shape index (κ1) is 41.6. The molecule has 4 atom stereocenters. The number of ether oxygens (including phenoxy) is 1. The fraction of sp³-hybridized carbons (Fsp3) is 0.405. The molecule has 2 saturated heterocycles. The van der Waals surface area contributed by atoms with Gasteiger partial charge in [0.25, 0.3) is 14.2 Å². The van der Waals surface area contributed by atoms with Crippen LogP contribution < -0.4 is 15.7 Å². The predicted molar refractivity (Wildman–Crippen MR) is 226 cm³/mol. The summed E-state index contributed by atoms with van der Waals surface area (Å²) < 4.78 is 32.2. The van der Waals surface area contributed by atoms with Crippen molar-refractivity contribution in [1.82, 2.24) is 24.4 Å². The Bertz CT molecular complexity index is 2170. The van der Waals surface area contributed by atoms with Crippen molar-refractivity contribution < 1.29 is 33.0 Å². The van der Waals surface area contributed by atoms with Gasteiger partial charge >= 0.3 is 8.25 Å². The molecule has 0 bridgehead atoms. The Morgan fingerprint density at radius 1 is 0.931 bits per heavy atom. The molecule has 16 heteroatoms. The lowest BCUT2D eigenvalue weighted by atomic mass is 10.1. The van der Waals surface area contributed by atoms with Crippen LogP contribution in [0.2, 0.25) is 5.04 Å². The average molecular weight is 826 g/mol. The topological polar surface area (TPSA) is 174 Å². The summed E-state index contributed by atoms with van der Waals surface area (Å²) in [5, 5.41) is 16.2. The van der Waals surface area contributed by atoms with E-state index >= 15 is 0 Å². The number of nitrogens with zero attached hydrogens (tertiary/aromatic N) is 6. The molecule has 0 aliphatic carbocycles. The Morgan fingerprint density at radius 2 is 1.59 bits per heavy atom. The third-order valence-corrected chi connectivity index (χ3v) is 16.5. The third-order valence-electron chi connectivity index (χ3n) is 10.9. The van der Waals surface area contributed by atoms with Crippen LogP contribution >= 0.6 is 8.25 Å². The molecule has 0 spiro atoms. The third kappa shape index (κ3) is 9.01. The highest BCUT2D eigenvalue weighted by Gasteiger charge is 2.55. The molecular formula is C42H52N7O7PSi. The highest BCUT2D eigenvalue weighted by molar-refractivity contribution is 7.32. The maximum Gasteiger partial charge on any atom is 0.319 e. The SMILES string of the molecule is C1CCC2=NCCCN2CC1.CC(C)(C)[Si](OC[C@H]1O[C@@H](n2cnc3c(NC(=O)c4ccccc4)ncnc32)C[C@@]1(O)O[PH](=O)O)(c1ccccc1)c1ccccc1. The number of hydrogen-bond donors (Lipinski definition) is 3. The van der Waals surface area contributed by atoms with Crippen molar-refractivity contribution in [3.8, 4) is 0 Å². The van der Waals surface area contributed by atoms with Gasteiger partial charge in [-0.05, 0) is 46.8 Å². The van der Waals surface area contributed by atoms with Crippen molar-refractivity contribution in [3.63, 3.8) is 0 Å². The smallest absolute Gasteiger partial charge is 0.319 e. The minimum Gasteiger partial charge on any atom is -0.405 e. The summed E-state index contributed by atoms with van der Waals surface area (Å²) in [5.41, 5.74) is 1.07. The molecule has 3 aliphatic heterocycles. The number of carbonyl (C=O) groups is 1. The first-order valence-electron chi connectivity index (χ1n) is 19.9. The Hall–Kier alpha value is -4.60. The van der Waals surface area contributed by atoms with Crippen LogP contribution in [-0.2, 0) is 18.3 Å². The van der Waals surface area contributed by atoms with E-state index in [0.29, 0.717) is 16.7 Å². The molecule has 5 heterocycles. The van der Waals surface area contributed by atoms with E-state index < -0.39 is 34.7 Å². The molecule has 14 nitrogen and oxygen atoms in total. The number of hydrogen-bond acceptors (Lipinski definition) is 11. The minimum absolute atomic E-state index is 0.143. The van der Waals surface area contributed by atoms with Gasteiger partial charge in [0, 0.05) is 31.6 Å². The number of fused-ring (bicyclic) bond motifs is 2. The van der Waals surface area contributed by atoms with Crippen LogP contribution in [0.5, 0.6) is 0 Å².